The molecule has 0 fully saturated rings. The summed E-state index contributed by atoms with van der Waals surface area (Å²) in [5, 5.41) is 8.95. The number of pyridine rings is 1. The molecule has 0 N–H and O–H groups in total. The third kappa shape index (κ3) is 3.94. The number of rotatable bonds is 5. The lowest BCUT2D eigenvalue weighted by Crippen LogP contribution is -2.16. The Morgan fingerprint density at radius 3 is 2.85 bits per heavy atom. The molecular formula is C20H16ClN3O3. The maximum Gasteiger partial charge on any atom is 0.258 e. The highest BCUT2D eigenvalue weighted by atomic mass is 35.5. The van der Waals surface area contributed by atoms with Crippen LogP contribution in [0.3, 0.4) is 0 Å². The van der Waals surface area contributed by atoms with Crippen molar-refractivity contribution in [2.24, 2.45) is 0 Å². The minimum Gasteiger partial charge on any atom is -0.493 e. The molecule has 0 atom stereocenters. The largest absolute Gasteiger partial charge is 0.493 e. The summed E-state index contributed by atoms with van der Waals surface area (Å²) >= 11 is 6.41. The van der Waals surface area contributed by atoms with E-state index in [1.165, 1.54) is 17.6 Å². The summed E-state index contributed by atoms with van der Waals surface area (Å²) in [5.74, 6) is 0.940. The van der Waals surface area contributed by atoms with Crippen molar-refractivity contribution in [3.8, 4) is 17.6 Å². The molecule has 0 unspecified atom stereocenters. The van der Waals surface area contributed by atoms with Gasteiger partial charge in [0.15, 0.2) is 18.1 Å². The molecule has 0 saturated heterocycles. The fourth-order valence-electron chi connectivity index (χ4n) is 2.66. The second-order valence-electron chi connectivity index (χ2n) is 5.69. The molecule has 27 heavy (non-hydrogen) atoms. The first-order valence-electron chi connectivity index (χ1n) is 8.08. The van der Waals surface area contributed by atoms with Crippen LogP contribution in [0.25, 0.3) is 16.8 Å². The van der Waals surface area contributed by atoms with Gasteiger partial charge in [-0.05, 0) is 42.8 Å². The molecule has 3 aromatic rings. The Balaban J connectivity index is 1.99. The van der Waals surface area contributed by atoms with Gasteiger partial charge in [0.1, 0.15) is 11.7 Å². The van der Waals surface area contributed by atoms with Gasteiger partial charge in [0, 0.05) is 11.8 Å². The average molecular weight is 382 g/mol. The number of benzene rings is 1. The van der Waals surface area contributed by atoms with Gasteiger partial charge in [-0.25, -0.2) is 4.98 Å². The Morgan fingerprint density at radius 2 is 2.11 bits per heavy atom. The zero-order valence-electron chi connectivity index (χ0n) is 14.8. The number of nitrogens with zero attached hydrogens (tertiary/aromatic N) is 3. The van der Waals surface area contributed by atoms with Crippen molar-refractivity contribution < 1.29 is 9.47 Å². The molecule has 1 aromatic carbocycles. The van der Waals surface area contributed by atoms with E-state index in [0.29, 0.717) is 27.9 Å². The molecule has 0 spiro atoms. The van der Waals surface area contributed by atoms with Crippen molar-refractivity contribution >= 4 is 28.4 Å². The van der Waals surface area contributed by atoms with Crippen molar-refractivity contribution in [3.63, 3.8) is 0 Å². The Bertz CT molecular complexity index is 1130. The Hall–Kier alpha value is -3.30. The van der Waals surface area contributed by atoms with E-state index in [2.05, 4.69) is 4.98 Å². The summed E-state index contributed by atoms with van der Waals surface area (Å²) in [4.78, 5) is 16.9. The van der Waals surface area contributed by atoms with Gasteiger partial charge in [0.05, 0.1) is 17.8 Å². The number of aryl methyl sites for hydroxylation is 1. The minimum absolute atomic E-state index is 0.0727. The monoisotopic (exact) mass is 381 g/mol. The molecule has 6 nitrogen and oxygen atoms in total. The number of methoxy groups -OCH3 is 1. The highest BCUT2D eigenvalue weighted by Crippen LogP contribution is 2.30. The van der Waals surface area contributed by atoms with Crippen molar-refractivity contribution in [1.29, 1.82) is 5.26 Å². The maximum atomic E-state index is 12.4. The number of hydrogen-bond donors (Lipinski definition) is 0. The molecule has 2 heterocycles. The number of ether oxygens (including phenoxy) is 2. The summed E-state index contributed by atoms with van der Waals surface area (Å²) in [6.07, 6.45) is 1.69. The van der Waals surface area contributed by atoms with E-state index in [1.54, 1.807) is 30.3 Å². The van der Waals surface area contributed by atoms with Crippen LogP contribution < -0.4 is 15.0 Å². The number of fused-ring (bicyclic) bond motifs is 1. The van der Waals surface area contributed by atoms with Gasteiger partial charge in [-0.15, -0.1) is 0 Å². The van der Waals surface area contributed by atoms with Gasteiger partial charge < -0.3 is 9.47 Å². The molecule has 3 rings (SSSR count). The van der Waals surface area contributed by atoms with Crippen molar-refractivity contribution in [1.82, 2.24) is 9.38 Å². The number of nitriles is 1. The Kier molecular flexibility index (Phi) is 5.43. The predicted molar refractivity (Wildman–Crippen MR) is 104 cm³/mol. The van der Waals surface area contributed by atoms with Gasteiger partial charge in [0.2, 0.25) is 0 Å². The van der Waals surface area contributed by atoms with Crippen LogP contribution in [0.1, 0.15) is 17.0 Å². The van der Waals surface area contributed by atoms with E-state index < -0.39 is 0 Å². The molecule has 0 saturated carbocycles. The third-order valence-electron chi connectivity index (χ3n) is 3.90. The molecule has 2 aromatic heterocycles. The van der Waals surface area contributed by atoms with Crippen LogP contribution in [0.15, 0.2) is 47.3 Å². The second-order valence-corrected chi connectivity index (χ2v) is 6.10. The lowest BCUT2D eigenvalue weighted by Gasteiger charge is -2.09. The van der Waals surface area contributed by atoms with Crippen LogP contribution in [0.2, 0.25) is 0 Å². The number of aromatic nitrogens is 2. The van der Waals surface area contributed by atoms with Gasteiger partial charge in [-0.3, -0.25) is 9.20 Å². The fourth-order valence-corrected chi connectivity index (χ4v) is 2.88. The third-order valence-corrected chi connectivity index (χ3v) is 4.20. The van der Waals surface area contributed by atoms with Crippen LogP contribution in [-0.4, -0.2) is 23.1 Å². The molecular weight excluding hydrogens is 366 g/mol. The molecule has 0 aliphatic carbocycles. The van der Waals surface area contributed by atoms with E-state index >= 15 is 0 Å². The summed E-state index contributed by atoms with van der Waals surface area (Å²) in [5.41, 5.74) is 2.26. The van der Waals surface area contributed by atoms with Gasteiger partial charge in [-0.1, -0.05) is 23.7 Å². The molecule has 0 aliphatic heterocycles. The molecule has 7 heteroatoms. The van der Waals surface area contributed by atoms with Gasteiger partial charge in [-0.2, -0.15) is 5.26 Å². The van der Waals surface area contributed by atoms with Crippen LogP contribution in [0, 0.1) is 18.3 Å². The fraction of sp³-hybridized carbons (Fsp3) is 0.150. The highest BCUT2D eigenvalue weighted by molar-refractivity contribution is 6.51. The summed E-state index contributed by atoms with van der Waals surface area (Å²) in [7, 11) is 1.51. The van der Waals surface area contributed by atoms with Crippen LogP contribution >= 0.6 is 11.6 Å². The Morgan fingerprint density at radius 1 is 1.30 bits per heavy atom. The van der Waals surface area contributed by atoms with Crippen LogP contribution in [0.4, 0.5) is 0 Å². The van der Waals surface area contributed by atoms with E-state index in [-0.39, 0.29) is 12.2 Å². The summed E-state index contributed by atoms with van der Waals surface area (Å²) < 4.78 is 12.1. The van der Waals surface area contributed by atoms with Crippen molar-refractivity contribution in [3.05, 3.63) is 69.8 Å². The first kappa shape index (κ1) is 18.5. The van der Waals surface area contributed by atoms with Crippen LogP contribution in [0.5, 0.6) is 11.5 Å². The Labute approximate surface area is 160 Å². The molecule has 136 valence electrons. The average Bonchev–Trinajstić information content (AvgIpc) is 2.66. The zero-order valence-corrected chi connectivity index (χ0v) is 15.5. The topological polar surface area (TPSA) is 76.6 Å². The van der Waals surface area contributed by atoms with Gasteiger partial charge >= 0.3 is 0 Å². The summed E-state index contributed by atoms with van der Waals surface area (Å²) in [6, 6.07) is 13.9. The first-order valence-corrected chi connectivity index (χ1v) is 8.46. The number of halogens is 1. The molecule has 0 radical (unpaired) electrons. The van der Waals surface area contributed by atoms with Gasteiger partial charge in [0.25, 0.3) is 5.56 Å². The first-order chi connectivity index (χ1) is 13.0. The quantitative estimate of drug-likeness (QED) is 0.674. The van der Waals surface area contributed by atoms with E-state index in [1.807, 2.05) is 25.1 Å². The SMILES string of the molecule is COc1cc(/C=C(\Cl)c2cc(=O)n3c(C)cccc3n2)ccc1OCC#N. The van der Waals surface area contributed by atoms with Crippen molar-refractivity contribution in [2.45, 2.75) is 6.92 Å². The molecule has 0 amide bonds. The predicted octanol–water partition coefficient (Wildman–Crippen LogP) is 3.65. The molecule has 0 bridgehead atoms. The number of hydrogen-bond acceptors (Lipinski definition) is 5. The molecule has 0 aliphatic rings. The smallest absolute Gasteiger partial charge is 0.258 e. The van der Waals surface area contributed by atoms with E-state index in [4.69, 9.17) is 26.3 Å². The van der Waals surface area contributed by atoms with E-state index in [0.717, 1.165) is 11.3 Å². The van der Waals surface area contributed by atoms with Crippen LogP contribution in [-0.2, 0) is 0 Å². The highest BCUT2D eigenvalue weighted by Gasteiger charge is 2.09. The lowest BCUT2D eigenvalue weighted by atomic mass is 10.1. The lowest BCUT2D eigenvalue weighted by molar-refractivity contribution is 0.329. The standard InChI is InChI=1S/C20H16ClN3O3/c1-13-4-3-5-19-23-16(12-20(25)24(13)19)15(21)10-14-6-7-17(27-9-8-22)18(11-14)26-2/h3-7,10-12H,9H2,1-2H3/b15-10-. The summed E-state index contributed by atoms with van der Waals surface area (Å²) in [6.45, 7) is 1.77. The zero-order chi connectivity index (χ0) is 19.4. The van der Waals surface area contributed by atoms with Crippen molar-refractivity contribution in [2.75, 3.05) is 13.7 Å². The maximum absolute atomic E-state index is 12.4. The minimum atomic E-state index is -0.197. The van der Waals surface area contributed by atoms with E-state index in [9.17, 15) is 4.79 Å². The second kappa shape index (κ2) is 7.94. The normalized spacial score (nSPS) is 11.3.